The first kappa shape index (κ1) is 17.9. The number of nitrogens with zero attached hydrogens (tertiary/aromatic N) is 2. The summed E-state index contributed by atoms with van der Waals surface area (Å²) in [6.07, 6.45) is 0. The van der Waals surface area contributed by atoms with Crippen molar-refractivity contribution in [3.8, 4) is 0 Å². The fraction of sp³-hybridized carbons (Fsp3) is 0.733. The van der Waals surface area contributed by atoms with Crippen molar-refractivity contribution in [1.82, 2.24) is 9.21 Å². The molecule has 1 aromatic heterocycles. The fourth-order valence-electron chi connectivity index (χ4n) is 2.85. The highest BCUT2D eigenvalue weighted by molar-refractivity contribution is 7.91. The van der Waals surface area contributed by atoms with E-state index < -0.39 is 15.6 Å². The second-order valence-corrected chi connectivity index (χ2v) is 10.2. The van der Waals surface area contributed by atoms with Gasteiger partial charge in [-0.2, -0.15) is 4.31 Å². The van der Waals surface area contributed by atoms with Crippen LogP contribution in [0.4, 0.5) is 0 Å². The van der Waals surface area contributed by atoms with Crippen LogP contribution in [0.15, 0.2) is 10.3 Å². The Balaban J connectivity index is 2.14. The van der Waals surface area contributed by atoms with Gasteiger partial charge in [-0.25, -0.2) is 8.42 Å². The highest BCUT2D eigenvalue weighted by Gasteiger charge is 2.35. The van der Waals surface area contributed by atoms with Crippen LogP contribution in [0.5, 0.6) is 0 Å². The highest BCUT2D eigenvalue weighted by Crippen LogP contribution is 2.29. The van der Waals surface area contributed by atoms with Crippen molar-refractivity contribution >= 4 is 21.4 Å². The second kappa shape index (κ2) is 6.20. The predicted octanol–water partition coefficient (Wildman–Crippen LogP) is 1.83. The van der Waals surface area contributed by atoms with Crippen LogP contribution in [0.25, 0.3) is 0 Å². The first-order chi connectivity index (χ1) is 10.0. The van der Waals surface area contributed by atoms with E-state index in [9.17, 15) is 13.5 Å². The molecule has 1 aliphatic rings. The quantitative estimate of drug-likeness (QED) is 0.903. The normalized spacial score (nSPS) is 22.2. The zero-order valence-corrected chi connectivity index (χ0v) is 15.6. The van der Waals surface area contributed by atoms with Gasteiger partial charge in [-0.15, -0.1) is 11.3 Å². The molecule has 22 heavy (non-hydrogen) atoms. The van der Waals surface area contributed by atoms with E-state index in [0.29, 0.717) is 30.4 Å². The molecule has 1 saturated heterocycles. The lowest BCUT2D eigenvalue weighted by molar-refractivity contribution is 0.0180. The number of sulfonamides is 1. The van der Waals surface area contributed by atoms with Crippen LogP contribution in [0, 0.1) is 13.8 Å². The largest absolute Gasteiger partial charge is 0.389 e. The SMILES string of the molecule is Cc1cc(S(=O)(=O)N2CCN(CC(C)(C)O)CC2C)sc1C. The van der Waals surface area contributed by atoms with Crippen LogP contribution in [0.2, 0.25) is 0 Å². The number of hydrogen-bond acceptors (Lipinski definition) is 5. The van der Waals surface area contributed by atoms with E-state index in [0.717, 1.165) is 10.4 Å². The third-order valence-corrected chi connectivity index (χ3v) is 7.58. The van der Waals surface area contributed by atoms with Crippen molar-refractivity contribution in [1.29, 1.82) is 0 Å². The number of thiophene rings is 1. The van der Waals surface area contributed by atoms with Gasteiger partial charge in [0.1, 0.15) is 4.21 Å². The van der Waals surface area contributed by atoms with Crippen LogP contribution >= 0.6 is 11.3 Å². The van der Waals surface area contributed by atoms with Gasteiger partial charge in [0.25, 0.3) is 10.0 Å². The number of aryl methyl sites for hydroxylation is 2. The topological polar surface area (TPSA) is 60.9 Å². The van der Waals surface area contributed by atoms with E-state index in [2.05, 4.69) is 4.90 Å². The molecule has 2 heterocycles. The Labute approximate surface area is 137 Å². The number of piperazine rings is 1. The molecule has 0 aliphatic carbocycles. The van der Waals surface area contributed by atoms with Crippen molar-refractivity contribution < 1.29 is 13.5 Å². The molecule has 1 N–H and O–H groups in total. The van der Waals surface area contributed by atoms with E-state index in [1.165, 1.54) is 11.3 Å². The predicted molar refractivity (Wildman–Crippen MR) is 89.9 cm³/mol. The van der Waals surface area contributed by atoms with Gasteiger partial charge in [0, 0.05) is 37.1 Å². The van der Waals surface area contributed by atoms with Crippen LogP contribution < -0.4 is 0 Å². The zero-order chi connectivity index (χ0) is 16.7. The number of aliphatic hydroxyl groups is 1. The van der Waals surface area contributed by atoms with Crippen molar-refractivity contribution in [3.05, 3.63) is 16.5 Å². The first-order valence-electron chi connectivity index (χ1n) is 7.54. The van der Waals surface area contributed by atoms with Gasteiger partial charge in [0.05, 0.1) is 5.60 Å². The third kappa shape index (κ3) is 3.89. The highest BCUT2D eigenvalue weighted by atomic mass is 32.2. The Kier molecular flexibility index (Phi) is 5.04. The van der Waals surface area contributed by atoms with Crippen molar-refractivity contribution in [2.45, 2.75) is 50.5 Å². The molecule has 5 nitrogen and oxygen atoms in total. The summed E-state index contributed by atoms with van der Waals surface area (Å²) in [5.41, 5.74) is 0.264. The summed E-state index contributed by atoms with van der Waals surface area (Å²) in [6.45, 7) is 11.7. The molecule has 0 saturated carbocycles. The van der Waals surface area contributed by atoms with Crippen LogP contribution in [-0.2, 0) is 10.0 Å². The molecule has 0 aromatic carbocycles. The molecule has 1 unspecified atom stereocenters. The Morgan fingerprint density at radius 3 is 2.45 bits per heavy atom. The van der Waals surface area contributed by atoms with Gasteiger partial charge < -0.3 is 5.11 Å². The minimum Gasteiger partial charge on any atom is -0.389 e. The summed E-state index contributed by atoms with van der Waals surface area (Å²) < 4.78 is 27.7. The Bertz CT molecular complexity index is 612. The van der Waals surface area contributed by atoms with E-state index >= 15 is 0 Å². The fourth-order valence-corrected chi connectivity index (χ4v) is 6.11. The van der Waals surface area contributed by atoms with Gasteiger partial charge >= 0.3 is 0 Å². The standard InChI is InChI=1S/C15H26N2O3S2/c1-11-8-14(21-13(11)3)22(19,20)17-7-6-16(9-12(17)2)10-15(4,5)18/h8,12,18H,6-7,9-10H2,1-5H3. The Hall–Kier alpha value is -0.470. The molecule has 0 radical (unpaired) electrons. The van der Waals surface area contributed by atoms with Gasteiger partial charge in [-0.05, 0) is 46.2 Å². The lowest BCUT2D eigenvalue weighted by atomic mass is 10.1. The third-order valence-electron chi connectivity index (χ3n) is 3.97. The van der Waals surface area contributed by atoms with E-state index in [1.54, 1.807) is 24.2 Å². The molecule has 2 rings (SSSR count). The molecular weight excluding hydrogens is 320 g/mol. The summed E-state index contributed by atoms with van der Waals surface area (Å²) in [5.74, 6) is 0. The smallest absolute Gasteiger partial charge is 0.252 e. The molecule has 126 valence electrons. The summed E-state index contributed by atoms with van der Waals surface area (Å²) >= 11 is 1.34. The average molecular weight is 347 g/mol. The Morgan fingerprint density at radius 1 is 1.36 bits per heavy atom. The average Bonchev–Trinajstić information content (AvgIpc) is 2.68. The summed E-state index contributed by atoms with van der Waals surface area (Å²) in [4.78, 5) is 3.17. The molecule has 1 aromatic rings. The van der Waals surface area contributed by atoms with Gasteiger partial charge in [0.15, 0.2) is 0 Å². The van der Waals surface area contributed by atoms with Crippen LogP contribution in [0.1, 0.15) is 31.2 Å². The molecule has 0 spiro atoms. The van der Waals surface area contributed by atoms with Crippen molar-refractivity contribution in [2.75, 3.05) is 26.2 Å². The molecule has 1 fully saturated rings. The minimum atomic E-state index is -3.42. The second-order valence-electron chi connectivity index (χ2n) is 6.82. The van der Waals surface area contributed by atoms with Crippen molar-refractivity contribution in [3.63, 3.8) is 0 Å². The van der Waals surface area contributed by atoms with Crippen molar-refractivity contribution in [2.24, 2.45) is 0 Å². The summed E-state index contributed by atoms with van der Waals surface area (Å²) in [5, 5.41) is 9.92. The minimum absolute atomic E-state index is 0.0937. The molecule has 0 amide bonds. The van der Waals surface area contributed by atoms with Crippen LogP contribution in [0.3, 0.4) is 0 Å². The van der Waals surface area contributed by atoms with Gasteiger partial charge in [0.2, 0.25) is 0 Å². The molecule has 0 bridgehead atoms. The molecular formula is C15H26N2O3S2. The van der Waals surface area contributed by atoms with Crippen LogP contribution in [-0.4, -0.2) is 60.6 Å². The van der Waals surface area contributed by atoms with E-state index in [1.807, 2.05) is 20.8 Å². The monoisotopic (exact) mass is 346 g/mol. The maximum absolute atomic E-state index is 12.8. The zero-order valence-electron chi connectivity index (χ0n) is 14.0. The molecule has 1 atom stereocenters. The summed E-state index contributed by atoms with van der Waals surface area (Å²) in [6, 6.07) is 1.68. The summed E-state index contributed by atoms with van der Waals surface area (Å²) in [7, 11) is -3.42. The first-order valence-corrected chi connectivity index (χ1v) is 9.80. The number of hydrogen-bond donors (Lipinski definition) is 1. The lowest BCUT2D eigenvalue weighted by Gasteiger charge is -2.40. The van der Waals surface area contributed by atoms with E-state index in [-0.39, 0.29) is 6.04 Å². The van der Waals surface area contributed by atoms with E-state index in [4.69, 9.17) is 0 Å². The molecule has 7 heteroatoms. The lowest BCUT2D eigenvalue weighted by Crippen LogP contribution is -2.56. The number of β-amino-alcohol motifs (C(OH)–C–C–N with tert-alkyl or cyclic N) is 1. The maximum Gasteiger partial charge on any atom is 0.252 e. The van der Waals surface area contributed by atoms with Gasteiger partial charge in [-0.1, -0.05) is 0 Å². The van der Waals surface area contributed by atoms with Gasteiger partial charge in [-0.3, -0.25) is 4.90 Å². The Morgan fingerprint density at radius 2 is 2.00 bits per heavy atom. The maximum atomic E-state index is 12.8. The molecule has 1 aliphatic heterocycles. The number of rotatable bonds is 4.